The number of hydrogen-bond acceptors (Lipinski definition) is 6. The van der Waals surface area contributed by atoms with Gasteiger partial charge in [-0.1, -0.05) is 218 Å². The van der Waals surface area contributed by atoms with Gasteiger partial charge in [-0.05, 0) is 44.9 Å². The number of allylic oxidation sites excluding steroid dienone is 4. The molecule has 0 aliphatic carbocycles. The van der Waals surface area contributed by atoms with Gasteiger partial charge in [0.15, 0.2) is 12.1 Å². The number of likely N-dealkylation sites (N-methyl/N-ethyl adjacent to an activating group) is 1. The molecule has 0 heterocycles. The summed E-state index contributed by atoms with van der Waals surface area (Å²) >= 11 is 0. The fourth-order valence-electron chi connectivity index (χ4n) is 8.18. The molecule has 0 saturated carbocycles. The van der Waals surface area contributed by atoms with Crippen LogP contribution in [0.1, 0.15) is 258 Å². The standard InChI is InChI=1S/C55H103NO7/c1-6-8-10-12-14-16-18-20-22-24-25-26-27-28-30-32-34-36-38-40-42-44-46-54(58)63-51(49-61-48-47-52(55(59)60)56(3,4)5)50-62-53(57)45-43-41-39-37-35-33-31-29-23-21-19-17-15-13-11-9-7-2/h15,17,21,23,51-52H,6-14,16,18-20,22,24-50H2,1-5H3/p+1/b17-15+,23-21+. The van der Waals surface area contributed by atoms with Gasteiger partial charge in [-0.15, -0.1) is 0 Å². The number of ether oxygens (including phenoxy) is 3. The van der Waals surface area contributed by atoms with E-state index in [9.17, 15) is 19.5 Å². The van der Waals surface area contributed by atoms with Crippen LogP contribution in [0.15, 0.2) is 24.3 Å². The molecule has 8 nitrogen and oxygen atoms in total. The molecule has 0 aromatic heterocycles. The van der Waals surface area contributed by atoms with Crippen molar-refractivity contribution >= 4 is 17.9 Å². The Hall–Kier alpha value is -2.19. The number of quaternary nitrogens is 1. The van der Waals surface area contributed by atoms with Crippen LogP contribution in [0.3, 0.4) is 0 Å². The van der Waals surface area contributed by atoms with Gasteiger partial charge in [0.25, 0.3) is 0 Å². The van der Waals surface area contributed by atoms with E-state index in [1.807, 2.05) is 21.1 Å². The topological polar surface area (TPSA) is 99.1 Å². The molecule has 370 valence electrons. The van der Waals surface area contributed by atoms with Crippen LogP contribution in [0.25, 0.3) is 0 Å². The van der Waals surface area contributed by atoms with Crippen LogP contribution >= 0.6 is 0 Å². The minimum absolute atomic E-state index is 0.0503. The first kappa shape index (κ1) is 60.8. The molecule has 63 heavy (non-hydrogen) atoms. The van der Waals surface area contributed by atoms with Crippen molar-refractivity contribution in [2.24, 2.45) is 0 Å². The van der Waals surface area contributed by atoms with Crippen molar-refractivity contribution < 1.29 is 38.2 Å². The van der Waals surface area contributed by atoms with Crippen LogP contribution in [0, 0.1) is 0 Å². The number of carboxylic acid groups (broad SMARTS) is 1. The predicted octanol–water partition coefficient (Wildman–Crippen LogP) is 15.6. The number of rotatable bonds is 49. The summed E-state index contributed by atoms with van der Waals surface area (Å²) in [5, 5.41) is 9.66. The molecule has 0 aromatic rings. The van der Waals surface area contributed by atoms with Crippen molar-refractivity contribution in [1.29, 1.82) is 0 Å². The summed E-state index contributed by atoms with van der Waals surface area (Å²) in [6, 6.07) is -0.614. The molecular formula is C55H104NO7+. The number of carbonyl (C=O) groups excluding carboxylic acids is 2. The quantitative estimate of drug-likeness (QED) is 0.0281. The molecule has 0 saturated heterocycles. The lowest BCUT2D eigenvalue weighted by atomic mass is 10.0. The van der Waals surface area contributed by atoms with Gasteiger partial charge in [0.1, 0.15) is 6.61 Å². The first-order chi connectivity index (χ1) is 30.6. The summed E-state index contributed by atoms with van der Waals surface area (Å²) in [6.45, 7) is 4.75. The molecule has 0 radical (unpaired) electrons. The number of hydrogen-bond donors (Lipinski definition) is 1. The Kier molecular flexibility index (Phi) is 44.7. The second-order valence-corrected chi connectivity index (χ2v) is 19.5. The molecule has 2 atom stereocenters. The average molecular weight is 891 g/mol. The van der Waals surface area contributed by atoms with E-state index >= 15 is 0 Å². The fourth-order valence-corrected chi connectivity index (χ4v) is 8.18. The molecule has 0 bridgehead atoms. The summed E-state index contributed by atoms with van der Waals surface area (Å²) in [4.78, 5) is 37.2. The van der Waals surface area contributed by atoms with E-state index in [-0.39, 0.29) is 36.2 Å². The second kappa shape index (κ2) is 46.3. The van der Waals surface area contributed by atoms with E-state index in [2.05, 4.69) is 38.2 Å². The number of aliphatic carboxylic acids is 1. The third-order valence-electron chi connectivity index (χ3n) is 12.4. The fraction of sp³-hybridized carbons (Fsp3) is 0.873. The Labute approximate surface area is 390 Å². The highest BCUT2D eigenvalue weighted by Gasteiger charge is 2.31. The molecular weight excluding hydrogens is 787 g/mol. The molecule has 0 rings (SSSR count). The van der Waals surface area contributed by atoms with Crippen LogP contribution in [0.4, 0.5) is 0 Å². The van der Waals surface area contributed by atoms with Crippen molar-refractivity contribution in [2.45, 2.75) is 270 Å². The monoisotopic (exact) mass is 891 g/mol. The smallest absolute Gasteiger partial charge is 0.362 e. The first-order valence-corrected chi connectivity index (χ1v) is 26.9. The van der Waals surface area contributed by atoms with Crippen LogP contribution in [0.2, 0.25) is 0 Å². The van der Waals surface area contributed by atoms with Crippen LogP contribution in [0.5, 0.6) is 0 Å². The number of unbranched alkanes of at least 4 members (excludes halogenated alkanes) is 31. The lowest BCUT2D eigenvalue weighted by molar-refractivity contribution is -0.887. The van der Waals surface area contributed by atoms with Gasteiger partial charge < -0.3 is 23.8 Å². The number of carboxylic acids is 1. The highest BCUT2D eigenvalue weighted by molar-refractivity contribution is 5.72. The van der Waals surface area contributed by atoms with Gasteiger partial charge >= 0.3 is 17.9 Å². The van der Waals surface area contributed by atoms with Gasteiger partial charge in [-0.25, -0.2) is 4.79 Å². The predicted molar refractivity (Wildman–Crippen MR) is 266 cm³/mol. The SMILES string of the molecule is CCCCC/C=C/C/C=C/CCCCCCCCCC(=O)OCC(COCCC(C(=O)O)[N+](C)(C)C)OC(=O)CCCCCCCCCCCCCCCCCCCCCCCC. The minimum atomic E-state index is -0.872. The Morgan fingerprint density at radius 2 is 0.841 bits per heavy atom. The zero-order chi connectivity index (χ0) is 46.3. The Bertz CT molecular complexity index is 1080. The van der Waals surface area contributed by atoms with Crippen molar-refractivity contribution in [3.05, 3.63) is 24.3 Å². The molecule has 0 spiro atoms. The summed E-state index contributed by atoms with van der Waals surface area (Å²) in [5.41, 5.74) is 0. The van der Waals surface area contributed by atoms with E-state index in [1.165, 1.54) is 173 Å². The molecule has 0 amide bonds. The summed E-state index contributed by atoms with van der Waals surface area (Å²) in [6.07, 6.45) is 53.7. The number of carbonyl (C=O) groups is 3. The van der Waals surface area contributed by atoms with Crippen LogP contribution in [-0.2, 0) is 28.6 Å². The number of esters is 2. The Balaban J connectivity index is 4.18. The van der Waals surface area contributed by atoms with Crippen molar-refractivity contribution in [2.75, 3.05) is 41.0 Å². The summed E-state index contributed by atoms with van der Waals surface area (Å²) < 4.78 is 17.4. The maximum atomic E-state index is 12.8. The minimum Gasteiger partial charge on any atom is -0.477 e. The zero-order valence-electron chi connectivity index (χ0n) is 42.3. The van der Waals surface area contributed by atoms with E-state index in [0.29, 0.717) is 19.3 Å². The highest BCUT2D eigenvalue weighted by Crippen LogP contribution is 2.17. The van der Waals surface area contributed by atoms with E-state index in [1.54, 1.807) is 0 Å². The maximum absolute atomic E-state index is 12.8. The van der Waals surface area contributed by atoms with Crippen molar-refractivity contribution in [3.8, 4) is 0 Å². The molecule has 0 fully saturated rings. The zero-order valence-corrected chi connectivity index (χ0v) is 42.3. The summed E-state index contributed by atoms with van der Waals surface area (Å²) in [7, 11) is 5.54. The lowest BCUT2D eigenvalue weighted by Gasteiger charge is -2.31. The third-order valence-corrected chi connectivity index (χ3v) is 12.4. The number of nitrogens with zero attached hydrogens (tertiary/aromatic N) is 1. The molecule has 0 aliphatic rings. The van der Waals surface area contributed by atoms with E-state index < -0.39 is 18.1 Å². The van der Waals surface area contributed by atoms with Gasteiger partial charge in [0, 0.05) is 19.3 Å². The van der Waals surface area contributed by atoms with Gasteiger partial charge in [0.05, 0.1) is 34.4 Å². The van der Waals surface area contributed by atoms with E-state index in [0.717, 1.165) is 51.4 Å². The van der Waals surface area contributed by atoms with Gasteiger partial charge in [-0.2, -0.15) is 0 Å². The lowest BCUT2D eigenvalue weighted by Crippen LogP contribution is -2.50. The average Bonchev–Trinajstić information content (AvgIpc) is 3.24. The molecule has 0 aliphatic heterocycles. The van der Waals surface area contributed by atoms with Gasteiger partial charge in [-0.3, -0.25) is 9.59 Å². The van der Waals surface area contributed by atoms with E-state index in [4.69, 9.17) is 14.2 Å². The maximum Gasteiger partial charge on any atom is 0.362 e. The first-order valence-electron chi connectivity index (χ1n) is 26.9. The third kappa shape index (κ3) is 44.8. The Morgan fingerprint density at radius 3 is 1.25 bits per heavy atom. The van der Waals surface area contributed by atoms with Crippen molar-refractivity contribution in [1.82, 2.24) is 0 Å². The molecule has 0 aromatic carbocycles. The summed E-state index contributed by atoms with van der Waals surface area (Å²) in [5.74, 6) is -1.46. The van der Waals surface area contributed by atoms with Crippen LogP contribution < -0.4 is 0 Å². The van der Waals surface area contributed by atoms with Crippen LogP contribution in [-0.4, -0.2) is 80.6 Å². The largest absolute Gasteiger partial charge is 0.477 e. The molecule has 1 N–H and O–H groups in total. The van der Waals surface area contributed by atoms with Gasteiger partial charge in [0.2, 0.25) is 0 Å². The molecule has 8 heteroatoms. The second-order valence-electron chi connectivity index (χ2n) is 19.5. The van der Waals surface area contributed by atoms with Crippen molar-refractivity contribution in [3.63, 3.8) is 0 Å². The normalized spacial score (nSPS) is 13.0. The highest BCUT2D eigenvalue weighted by atomic mass is 16.6. The molecule has 2 unspecified atom stereocenters. The Morgan fingerprint density at radius 1 is 0.476 bits per heavy atom.